The fraction of sp³-hybridized carbons (Fsp3) is 0.455. The highest BCUT2D eigenvalue weighted by Gasteiger charge is 2.33. The third-order valence-corrected chi connectivity index (χ3v) is 3.21. The largest absolute Gasteiger partial charge is 0.296 e. The van der Waals surface area contributed by atoms with Crippen LogP contribution in [0.1, 0.15) is 23.6 Å². The summed E-state index contributed by atoms with van der Waals surface area (Å²) < 4.78 is 0. The lowest BCUT2D eigenvalue weighted by Gasteiger charge is -2.45. The normalized spacial score (nSPS) is 27.2. The molecule has 1 atom stereocenters. The van der Waals surface area contributed by atoms with Crippen molar-refractivity contribution in [1.29, 1.82) is 0 Å². The molecule has 1 aromatic rings. The summed E-state index contributed by atoms with van der Waals surface area (Å²) in [4.78, 5) is 2.59. The minimum Gasteiger partial charge on any atom is -0.296 e. The van der Waals surface area contributed by atoms with Gasteiger partial charge >= 0.3 is 0 Å². The van der Waals surface area contributed by atoms with E-state index in [9.17, 15) is 0 Å². The van der Waals surface area contributed by atoms with Gasteiger partial charge in [0.15, 0.2) is 0 Å². The predicted molar refractivity (Wildman–Crippen MR) is 49.1 cm³/mol. The van der Waals surface area contributed by atoms with E-state index in [4.69, 9.17) is 0 Å². The summed E-state index contributed by atoms with van der Waals surface area (Å²) in [5.41, 5.74) is 3.17. The van der Waals surface area contributed by atoms with Gasteiger partial charge in [0, 0.05) is 19.1 Å². The smallest absolute Gasteiger partial charge is 0.0363 e. The Bertz CT molecular complexity index is 306. The molecule has 1 unspecified atom stereocenters. The number of hydrogen-bond donors (Lipinski definition) is 0. The van der Waals surface area contributed by atoms with Crippen LogP contribution in [0.4, 0.5) is 0 Å². The van der Waals surface area contributed by atoms with E-state index in [2.05, 4.69) is 29.2 Å². The van der Waals surface area contributed by atoms with Crippen LogP contribution in [0.25, 0.3) is 0 Å². The third-order valence-electron chi connectivity index (χ3n) is 3.21. The molecule has 2 aliphatic heterocycles. The Labute approximate surface area is 73.0 Å². The molecule has 2 aliphatic rings. The first-order valence-electron chi connectivity index (χ1n) is 4.77. The maximum Gasteiger partial charge on any atom is 0.0363 e. The third kappa shape index (κ3) is 0.774. The summed E-state index contributed by atoms with van der Waals surface area (Å²) in [7, 11) is 0. The van der Waals surface area contributed by atoms with Crippen LogP contribution in [0.2, 0.25) is 0 Å². The van der Waals surface area contributed by atoms with Gasteiger partial charge in [0.05, 0.1) is 0 Å². The number of rotatable bonds is 0. The van der Waals surface area contributed by atoms with Gasteiger partial charge in [-0.3, -0.25) is 4.90 Å². The average Bonchev–Trinajstić information content (AvgIpc) is 2.05. The molecular formula is C11H13N. The molecule has 0 radical (unpaired) electrons. The quantitative estimate of drug-likeness (QED) is 0.559. The second-order valence-electron chi connectivity index (χ2n) is 3.79. The van der Waals surface area contributed by atoms with Gasteiger partial charge in [0.1, 0.15) is 0 Å². The topological polar surface area (TPSA) is 3.24 Å². The van der Waals surface area contributed by atoms with Gasteiger partial charge in [0.2, 0.25) is 0 Å². The number of fused-ring (bicyclic) bond motifs is 3. The van der Waals surface area contributed by atoms with Crippen molar-refractivity contribution in [2.75, 3.05) is 13.1 Å². The zero-order valence-corrected chi connectivity index (χ0v) is 7.16. The Morgan fingerprint density at radius 2 is 2.08 bits per heavy atom. The first-order valence-corrected chi connectivity index (χ1v) is 4.77. The average molecular weight is 159 g/mol. The Morgan fingerprint density at radius 3 is 2.92 bits per heavy atom. The van der Waals surface area contributed by atoms with Crippen LogP contribution in [0.15, 0.2) is 24.3 Å². The highest BCUT2D eigenvalue weighted by atomic mass is 15.2. The van der Waals surface area contributed by atoms with Gasteiger partial charge in [0.25, 0.3) is 0 Å². The summed E-state index contributed by atoms with van der Waals surface area (Å²) in [5, 5.41) is 0. The fourth-order valence-corrected chi connectivity index (χ4v) is 2.41. The molecular weight excluding hydrogens is 146 g/mol. The molecule has 0 aliphatic carbocycles. The van der Waals surface area contributed by atoms with Crippen molar-refractivity contribution >= 4 is 0 Å². The molecule has 0 bridgehead atoms. The lowest BCUT2D eigenvalue weighted by Crippen LogP contribution is -2.45. The van der Waals surface area contributed by atoms with E-state index in [1.54, 1.807) is 11.1 Å². The maximum atomic E-state index is 2.59. The molecule has 2 heterocycles. The predicted octanol–water partition coefficient (Wildman–Crippen LogP) is 1.99. The van der Waals surface area contributed by atoms with Gasteiger partial charge in [-0.05, 0) is 24.0 Å². The molecule has 0 saturated carbocycles. The van der Waals surface area contributed by atoms with Crippen molar-refractivity contribution in [3.05, 3.63) is 35.4 Å². The van der Waals surface area contributed by atoms with Crippen LogP contribution in [0, 0.1) is 0 Å². The van der Waals surface area contributed by atoms with Gasteiger partial charge in [-0.25, -0.2) is 0 Å². The highest BCUT2D eigenvalue weighted by Crippen LogP contribution is 2.38. The van der Waals surface area contributed by atoms with Crippen LogP contribution in [0.3, 0.4) is 0 Å². The zero-order valence-electron chi connectivity index (χ0n) is 7.16. The van der Waals surface area contributed by atoms with E-state index in [0.717, 1.165) is 6.04 Å². The molecule has 1 nitrogen and oxygen atoms in total. The molecule has 1 fully saturated rings. The molecule has 12 heavy (non-hydrogen) atoms. The van der Waals surface area contributed by atoms with Crippen LogP contribution < -0.4 is 0 Å². The van der Waals surface area contributed by atoms with E-state index < -0.39 is 0 Å². The summed E-state index contributed by atoms with van der Waals surface area (Å²) >= 11 is 0. The van der Waals surface area contributed by atoms with Gasteiger partial charge in [-0.1, -0.05) is 24.3 Å². The van der Waals surface area contributed by atoms with Crippen molar-refractivity contribution in [2.24, 2.45) is 0 Å². The van der Waals surface area contributed by atoms with E-state index in [1.165, 1.54) is 25.9 Å². The van der Waals surface area contributed by atoms with Crippen molar-refractivity contribution < 1.29 is 0 Å². The Morgan fingerprint density at radius 1 is 1.17 bits per heavy atom. The molecule has 3 rings (SSSR count). The first kappa shape index (κ1) is 6.67. The summed E-state index contributed by atoms with van der Waals surface area (Å²) in [6.07, 6.45) is 2.63. The first-order chi connectivity index (χ1) is 5.95. The van der Waals surface area contributed by atoms with Crippen molar-refractivity contribution in [1.82, 2.24) is 4.90 Å². The Balaban J connectivity index is 2.07. The summed E-state index contributed by atoms with van der Waals surface area (Å²) in [5.74, 6) is 0. The maximum absolute atomic E-state index is 2.59. The Kier molecular flexibility index (Phi) is 1.30. The summed E-state index contributed by atoms with van der Waals surface area (Å²) in [6, 6.07) is 9.68. The van der Waals surface area contributed by atoms with E-state index in [1.807, 2.05) is 0 Å². The zero-order chi connectivity index (χ0) is 7.97. The number of nitrogens with zero attached hydrogens (tertiary/aromatic N) is 1. The van der Waals surface area contributed by atoms with Gasteiger partial charge in [-0.15, -0.1) is 0 Å². The minimum absolute atomic E-state index is 0.773. The lowest BCUT2D eigenvalue weighted by atomic mass is 9.86. The monoisotopic (exact) mass is 159 g/mol. The van der Waals surface area contributed by atoms with E-state index in [-0.39, 0.29) is 0 Å². The molecule has 1 aromatic carbocycles. The molecule has 0 aromatic heterocycles. The summed E-state index contributed by atoms with van der Waals surface area (Å²) in [6.45, 7) is 2.60. The van der Waals surface area contributed by atoms with Gasteiger partial charge in [-0.2, -0.15) is 0 Å². The van der Waals surface area contributed by atoms with E-state index in [0.29, 0.717) is 0 Å². The molecule has 1 saturated heterocycles. The standard InChI is InChI=1S/C11H13N/c1-2-4-10-9(3-1)5-7-12-8-6-11(10)12/h1-4,11H,5-8H2. The van der Waals surface area contributed by atoms with Crippen molar-refractivity contribution in [3.63, 3.8) is 0 Å². The Hall–Kier alpha value is -0.820. The number of benzene rings is 1. The SMILES string of the molecule is c1ccc2c(c1)CCN1CCC21. The minimum atomic E-state index is 0.773. The molecule has 0 amide bonds. The van der Waals surface area contributed by atoms with Crippen molar-refractivity contribution in [3.8, 4) is 0 Å². The molecule has 1 heteroatoms. The fourth-order valence-electron chi connectivity index (χ4n) is 2.41. The van der Waals surface area contributed by atoms with Crippen LogP contribution >= 0.6 is 0 Å². The molecule has 62 valence electrons. The molecule has 0 N–H and O–H groups in total. The molecule has 0 spiro atoms. The second-order valence-corrected chi connectivity index (χ2v) is 3.79. The lowest BCUT2D eigenvalue weighted by molar-refractivity contribution is 0.0810. The van der Waals surface area contributed by atoms with Crippen LogP contribution in [-0.4, -0.2) is 18.0 Å². The van der Waals surface area contributed by atoms with Crippen molar-refractivity contribution in [2.45, 2.75) is 18.9 Å². The van der Waals surface area contributed by atoms with Crippen LogP contribution in [-0.2, 0) is 6.42 Å². The highest BCUT2D eigenvalue weighted by molar-refractivity contribution is 5.33. The number of hydrogen-bond acceptors (Lipinski definition) is 1. The van der Waals surface area contributed by atoms with Crippen LogP contribution in [0.5, 0.6) is 0 Å². The van der Waals surface area contributed by atoms with Gasteiger partial charge < -0.3 is 0 Å². The van der Waals surface area contributed by atoms with E-state index >= 15 is 0 Å². The second kappa shape index (κ2) is 2.33.